The molecule has 0 bridgehead atoms. The van der Waals surface area contributed by atoms with Gasteiger partial charge in [-0.15, -0.1) is 0 Å². The lowest BCUT2D eigenvalue weighted by Gasteiger charge is -2.16. The van der Waals surface area contributed by atoms with Gasteiger partial charge >= 0.3 is 11.9 Å². The highest BCUT2D eigenvalue weighted by atomic mass is 16.6. The fourth-order valence-corrected chi connectivity index (χ4v) is 9.23. The predicted molar refractivity (Wildman–Crippen MR) is 340 cm³/mol. The van der Waals surface area contributed by atoms with E-state index in [-0.39, 0.29) is 52.9 Å². The quantitative estimate of drug-likeness (QED) is 0.0243. The van der Waals surface area contributed by atoms with Gasteiger partial charge in [0.05, 0.1) is 73.5 Å². The molecule has 0 saturated carbocycles. The van der Waals surface area contributed by atoms with Crippen LogP contribution < -0.4 is 37.9 Å². The maximum atomic E-state index is 13.1. The Kier molecular flexibility index (Phi) is 24.9. The summed E-state index contributed by atoms with van der Waals surface area (Å²) < 4.78 is 59.3. The van der Waals surface area contributed by atoms with Crippen LogP contribution in [-0.2, 0) is 9.47 Å². The number of fused-ring (bicyclic) bond motifs is 2. The number of hydrogen-bond acceptors (Lipinski definition) is 16. The van der Waals surface area contributed by atoms with Crippen LogP contribution >= 0.6 is 0 Å². The molecule has 0 aliphatic carbocycles. The van der Waals surface area contributed by atoms with Crippen molar-refractivity contribution in [3.63, 3.8) is 0 Å². The van der Waals surface area contributed by atoms with Crippen LogP contribution in [0.15, 0.2) is 202 Å². The Morgan fingerprint density at radius 2 is 0.636 bits per heavy atom. The van der Waals surface area contributed by atoms with Crippen LogP contribution in [0.3, 0.4) is 0 Å². The Bertz CT molecular complexity index is 3240. The molecule has 0 fully saturated rings. The highest BCUT2D eigenvalue weighted by Crippen LogP contribution is 2.35. The summed E-state index contributed by atoms with van der Waals surface area (Å²) in [5.41, 5.74) is 7.08. The minimum absolute atomic E-state index is 0.226. The zero-order valence-corrected chi connectivity index (χ0v) is 50.2. The Balaban J connectivity index is 0.699. The third kappa shape index (κ3) is 20.4. The predicted octanol–water partition coefficient (Wildman–Crippen LogP) is 18.3. The van der Waals surface area contributed by atoms with Gasteiger partial charge in [0.2, 0.25) is 0 Å². The van der Waals surface area contributed by atoms with Gasteiger partial charge in [0, 0.05) is 12.1 Å². The van der Waals surface area contributed by atoms with Crippen LogP contribution in [0.2, 0.25) is 0 Å². The first-order valence-electron chi connectivity index (χ1n) is 30.4. The van der Waals surface area contributed by atoms with E-state index in [9.17, 15) is 9.59 Å². The van der Waals surface area contributed by atoms with E-state index in [0.717, 1.165) is 59.8 Å². The molecule has 1 heterocycles. The van der Waals surface area contributed by atoms with Crippen molar-refractivity contribution in [2.45, 2.75) is 78.1 Å². The minimum atomic E-state index is -0.468. The number of benzene rings is 8. The van der Waals surface area contributed by atoms with Gasteiger partial charge in [-0.25, -0.2) is 9.59 Å². The molecule has 456 valence electrons. The maximum Gasteiger partial charge on any atom is 0.343 e. The summed E-state index contributed by atoms with van der Waals surface area (Å²) in [6, 6.07) is 54.8. The van der Waals surface area contributed by atoms with Crippen LogP contribution in [0.5, 0.6) is 46.0 Å². The van der Waals surface area contributed by atoms with Crippen molar-refractivity contribution in [3.8, 4) is 68.2 Å². The van der Waals surface area contributed by atoms with Crippen LogP contribution in [0.25, 0.3) is 22.3 Å². The zero-order chi connectivity index (χ0) is 60.8. The van der Waals surface area contributed by atoms with E-state index in [4.69, 9.17) is 47.4 Å². The normalized spacial score (nSPS) is 13.1. The molecule has 1 aliphatic heterocycles. The Labute approximate surface area is 515 Å². The van der Waals surface area contributed by atoms with E-state index >= 15 is 0 Å². The Morgan fingerprint density at radius 3 is 1.00 bits per heavy atom. The molecule has 16 heteroatoms. The lowest BCUT2D eigenvalue weighted by atomic mass is 10.0. The molecule has 0 saturated heterocycles. The molecule has 0 atom stereocenters. The number of nitrogens with zero attached hydrogens (tertiary/aromatic N) is 4. The summed E-state index contributed by atoms with van der Waals surface area (Å²) in [4.78, 5) is 26.1. The van der Waals surface area contributed by atoms with Gasteiger partial charge in [0.25, 0.3) is 0 Å². The van der Waals surface area contributed by atoms with Crippen LogP contribution in [-0.4, -0.2) is 78.0 Å². The number of carbonyl (C=O) groups is 2. The van der Waals surface area contributed by atoms with Gasteiger partial charge in [-0.05, 0) is 156 Å². The third-order valence-corrected chi connectivity index (χ3v) is 14.1. The van der Waals surface area contributed by atoms with Crippen molar-refractivity contribution in [1.82, 2.24) is 0 Å². The van der Waals surface area contributed by atoms with Crippen LogP contribution in [0.1, 0.15) is 98.8 Å². The lowest BCUT2D eigenvalue weighted by molar-refractivity contribution is 0.0640. The number of azo groups is 2. The summed E-state index contributed by atoms with van der Waals surface area (Å²) in [5, 5.41) is 17.7. The van der Waals surface area contributed by atoms with Gasteiger partial charge in [-0.3, -0.25) is 0 Å². The Morgan fingerprint density at radius 1 is 0.330 bits per heavy atom. The Hall–Kier alpha value is -9.38. The largest absolute Gasteiger partial charge is 0.494 e. The van der Waals surface area contributed by atoms with Crippen molar-refractivity contribution in [2.24, 2.45) is 20.5 Å². The summed E-state index contributed by atoms with van der Waals surface area (Å²) >= 11 is 0. The van der Waals surface area contributed by atoms with Gasteiger partial charge < -0.3 is 47.4 Å². The summed E-state index contributed by atoms with van der Waals surface area (Å²) in [6.45, 7) is 7.92. The molecule has 0 spiro atoms. The summed E-state index contributed by atoms with van der Waals surface area (Å²) in [5.74, 6) is 3.47. The number of unbranched alkanes of at least 4 members (excludes halogenated alkanes) is 8. The fraction of sp³-hybridized carbons (Fsp3) is 0.306. The van der Waals surface area contributed by atoms with Gasteiger partial charge in [0.15, 0.2) is 23.0 Å². The molecular weight excluding hydrogens is 1110 g/mol. The molecule has 9 rings (SSSR count). The van der Waals surface area contributed by atoms with Crippen molar-refractivity contribution in [2.75, 3.05) is 66.1 Å². The molecule has 0 radical (unpaired) electrons. The van der Waals surface area contributed by atoms with E-state index in [1.807, 2.05) is 72.8 Å². The number of rotatable bonds is 24. The number of ether oxygens (including phenoxy) is 10. The second kappa shape index (κ2) is 34.7. The topological polar surface area (TPSA) is 176 Å². The molecule has 16 nitrogen and oxygen atoms in total. The average Bonchev–Trinajstić information content (AvgIpc) is 3.57. The zero-order valence-electron chi connectivity index (χ0n) is 50.2. The van der Waals surface area contributed by atoms with E-state index in [0.29, 0.717) is 68.4 Å². The first kappa shape index (κ1) is 63.1. The molecule has 0 unspecified atom stereocenters. The van der Waals surface area contributed by atoms with E-state index in [1.54, 1.807) is 109 Å². The number of carbonyl (C=O) groups excluding carboxylic acids is 2. The second-order valence-electron chi connectivity index (χ2n) is 20.8. The fourth-order valence-electron chi connectivity index (χ4n) is 9.23. The molecular formula is C72H76N4O12. The highest BCUT2D eigenvalue weighted by molar-refractivity contribution is 5.92. The van der Waals surface area contributed by atoms with Crippen molar-refractivity contribution < 1.29 is 57.0 Å². The molecule has 0 aromatic heterocycles. The first-order chi connectivity index (χ1) is 43.3. The smallest absolute Gasteiger partial charge is 0.343 e. The van der Waals surface area contributed by atoms with E-state index in [1.165, 1.54) is 51.4 Å². The summed E-state index contributed by atoms with van der Waals surface area (Å²) in [6.07, 6.45) is 12.0. The monoisotopic (exact) mass is 1190 g/mol. The highest BCUT2D eigenvalue weighted by Gasteiger charge is 2.14. The molecule has 88 heavy (non-hydrogen) atoms. The van der Waals surface area contributed by atoms with E-state index in [2.05, 4.69) is 34.3 Å². The number of hydrogen-bond donors (Lipinski definition) is 0. The third-order valence-electron chi connectivity index (χ3n) is 14.1. The average molecular weight is 1190 g/mol. The van der Waals surface area contributed by atoms with Crippen molar-refractivity contribution in [3.05, 3.63) is 193 Å². The van der Waals surface area contributed by atoms with E-state index < -0.39 is 11.9 Å². The van der Waals surface area contributed by atoms with Crippen molar-refractivity contribution in [1.29, 1.82) is 0 Å². The standard InChI is InChI=1S/C72H76N4O12/c1-3-5-7-9-11-41-81-63-31-21-55(22-32-63)53-13-17-57(18-14-53)71(77)87-65-35-25-59(26-36-65)73-75-61-29-39-67-69(51-61)85-49-45-79-44-48-84-68-40-30-62(52-70(68)86-50-46-80-43-47-83-67)76-74-60-27-37-66(38-28-60)88-72(78)58-19-15-54(16-20-58)56-23-33-64(34-24-56)82-42-12-10-8-6-4-2/h13-40,51-52H,3-12,41-50H2,1-2H3. The SMILES string of the molecule is CCCCCCCOc1ccc(-c2ccc(C(=O)Oc3ccc(N=Nc4ccc5c(c4)OCCOCCOc4ccc(N=Nc6ccc(OC(=O)c7ccc(-c8ccc(OCCCCCCC)cc8)cc7)cc6)cc4OCCOCCO5)cc3)cc2)cc1. The van der Waals surface area contributed by atoms with Gasteiger partial charge in [0.1, 0.15) is 49.4 Å². The van der Waals surface area contributed by atoms with Gasteiger partial charge in [-0.2, -0.15) is 20.5 Å². The molecule has 1 aliphatic rings. The molecule has 8 aromatic carbocycles. The van der Waals surface area contributed by atoms with Gasteiger partial charge in [-0.1, -0.05) is 114 Å². The first-order valence-corrected chi connectivity index (χ1v) is 30.4. The molecule has 0 amide bonds. The summed E-state index contributed by atoms with van der Waals surface area (Å²) in [7, 11) is 0. The number of esters is 2. The minimum Gasteiger partial charge on any atom is -0.494 e. The molecule has 0 N–H and O–H groups in total. The maximum absolute atomic E-state index is 13.1. The van der Waals surface area contributed by atoms with Crippen molar-refractivity contribution >= 4 is 34.7 Å². The molecule has 8 aromatic rings. The van der Waals surface area contributed by atoms with Crippen LogP contribution in [0, 0.1) is 0 Å². The lowest BCUT2D eigenvalue weighted by Crippen LogP contribution is -2.15. The second-order valence-corrected chi connectivity index (χ2v) is 20.8. The van der Waals surface area contributed by atoms with Crippen LogP contribution in [0.4, 0.5) is 22.7 Å².